The summed E-state index contributed by atoms with van der Waals surface area (Å²) in [5, 5.41) is 22.0. The largest absolute Gasteiger partial charge is 0.488 e. The molecule has 0 bridgehead atoms. The lowest BCUT2D eigenvalue weighted by Crippen LogP contribution is -2.29. The highest BCUT2D eigenvalue weighted by Gasteiger charge is 2.08. The highest BCUT2D eigenvalue weighted by molar-refractivity contribution is 6.58. The number of para-hydroxylation sites is 1. The van der Waals surface area contributed by atoms with Gasteiger partial charge in [-0.05, 0) is 23.2 Å². The van der Waals surface area contributed by atoms with Crippen molar-refractivity contribution in [2.45, 2.75) is 0 Å². The molecular weight excluding hydrogens is 227 g/mol. The van der Waals surface area contributed by atoms with Gasteiger partial charge in [-0.1, -0.05) is 42.5 Å². The van der Waals surface area contributed by atoms with Gasteiger partial charge in [0.1, 0.15) is 0 Å². The van der Waals surface area contributed by atoms with Gasteiger partial charge in [-0.15, -0.1) is 0 Å². The topological polar surface area (TPSA) is 64.8 Å². The Hall–Kier alpha value is -2.11. The van der Waals surface area contributed by atoms with Crippen molar-refractivity contribution >= 4 is 24.5 Å². The van der Waals surface area contributed by atoms with Gasteiger partial charge in [-0.3, -0.25) is 5.43 Å². The van der Waals surface area contributed by atoms with E-state index in [1.54, 1.807) is 30.5 Å². The summed E-state index contributed by atoms with van der Waals surface area (Å²) in [5.41, 5.74) is 5.15. The maximum atomic E-state index is 8.95. The van der Waals surface area contributed by atoms with E-state index in [1.165, 1.54) is 0 Å². The smallest absolute Gasteiger partial charge is 0.423 e. The van der Waals surface area contributed by atoms with Crippen LogP contribution in [0.4, 0.5) is 5.69 Å². The first-order valence-corrected chi connectivity index (χ1v) is 5.56. The van der Waals surface area contributed by atoms with E-state index in [2.05, 4.69) is 10.5 Å². The molecule has 2 rings (SSSR count). The number of nitrogens with zero attached hydrogens (tertiary/aromatic N) is 1. The summed E-state index contributed by atoms with van der Waals surface area (Å²) in [7, 11) is -1.43. The molecule has 90 valence electrons. The van der Waals surface area contributed by atoms with Crippen LogP contribution in [0, 0.1) is 0 Å². The molecule has 18 heavy (non-hydrogen) atoms. The van der Waals surface area contributed by atoms with Crippen molar-refractivity contribution in [3.8, 4) is 0 Å². The quantitative estimate of drug-likeness (QED) is 0.421. The first-order chi connectivity index (χ1) is 8.75. The van der Waals surface area contributed by atoms with Crippen LogP contribution in [0.5, 0.6) is 0 Å². The number of rotatable bonds is 4. The van der Waals surface area contributed by atoms with E-state index >= 15 is 0 Å². The second-order valence-electron chi connectivity index (χ2n) is 3.78. The van der Waals surface area contributed by atoms with Crippen LogP contribution in [0.15, 0.2) is 59.7 Å². The van der Waals surface area contributed by atoms with Crippen molar-refractivity contribution in [3.05, 3.63) is 60.2 Å². The van der Waals surface area contributed by atoms with Crippen LogP contribution in [-0.2, 0) is 0 Å². The monoisotopic (exact) mass is 240 g/mol. The first-order valence-electron chi connectivity index (χ1n) is 5.56. The van der Waals surface area contributed by atoms with Gasteiger partial charge >= 0.3 is 7.12 Å². The molecule has 2 aromatic carbocycles. The van der Waals surface area contributed by atoms with Crippen LogP contribution >= 0.6 is 0 Å². The predicted molar refractivity (Wildman–Crippen MR) is 73.9 cm³/mol. The van der Waals surface area contributed by atoms with E-state index in [0.717, 1.165) is 11.3 Å². The summed E-state index contributed by atoms with van der Waals surface area (Å²) in [6.45, 7) is 0. The number of anilines is 1. The number of hydrogen-bond donors (Lipinski definition) is 3. The summed E-state index contributed by atoms with van der Waals surface area (Å²) >= 11 is 0. The van der Waals surface area contributed by atoms with Crippen LogP contribution in [0.3, 0.4) is 0 Å². The molecule has 0 unspecified atom stereocenters. The zero-order chi connectivity index (χ0) is 12.8. The molecule has 0 atom stereocenters. The summed E-state index contributed by atoms with van der Waals surface area (Å²) in [4.78, 5) is 0. The molecule has 0 fully saturated rings. The van der Waals surface area contributed by atoms with E-state index in [-0.39, 0.29) is 0 Å². The third kappa shape index (κ3) is 3.45. The molecule has 0 aliphatic rings. The molecule has 4 nitrogen and oxygen atoms in total. The second kappa shape index (κ2) is 6.00. The predicted octanol–water partition coefficient (Wildman–Crippen LogP) is 0.812. The van der Waals surface area contributed by atoms with E-state index in [0.29, 0.717) is 5.46 Å². The molecule has 0 amide bonds. The lowest BCUT2D eigenvalue weighted by molar-refractivity contribution is 0.426. The van der Waals surface area contributed by atoms with Crippen molar-refractivity contribution in [1.82, 2.24) is 0 Å². The van der Waals surface area contributed by atoms with Crippen LogP contribution in [0.2, 0.25) is 0 Å². The van der Waals surface area contributed by atoms with Gasteiger partial charge in [0.2, 0.25) is 0 Å². The van der Waals surface area contributed by atoms with Gasteiger partial charge < -0.3 is 10.0 Å². The summed E-state index contributed by atoms with van der Waals surface area (Å²) in [5.74, 6) is 0. The number of hydrazone groups is 1. The fourth-order valence-corrected chi connectivity index (χ4v) is 1.45. The average molecular weight is 240 g/mol. The number of hydrogen-bond acceptors (Lipinski definition) is 4. The zero-order valence-electron chi connectivity index (χ0n) is 9.69. The fraction of sp³-hybridized carbons (Fsp3) is 0. The van der Waals surface area contributed by atoms with Gasteiger partial charge in [0, 0.05) is 0 Å². The highest BCUT2D eigenvalue weighted by Crippen LogP contribution is 2.04. The molecule has 0 spiro atoms. The van der Waals surface area contributed by atoms with E-state index < -0.39 is 7.12 Å². The maximum Gasteiger partial charge on any atom is 0.488 e. The lowest BCUT2D eigenvalue weighted by atomic mass is 9.80. The minimum absolute atomic E-state index is 0.461. The molecule has 0 aliphatic heterocycles. The molecule has 0 radical (unpaired) electrons. The highest BCUT2D eigenvalue weighted by atomic mass is 16.4. The van der Waals surface area contributed by atoms with E-state index in [4.69, 9.17) is 10.0 Å². The van der Waals surface area contributed by atoms with E-state index in [1.807, 2.05) is 30.3 Å². The van der Waals surface area contributed by atoms with Gasteiger partial charge in [0.25, 0.3) is 0 Å². The molecule has 3 N–H and O–H groups in total. The SMILES string of the molecule is OB(O)c1ccc(C=NNc2ccccc2)cc1. The zero-order valence-corrected chi connectivity index (χ0v) is 9.69. The lowest BCUT2D eigenvalue weighted by Gasteiger charge is -2.00. The number of nitrogens with one attached hydrogen (secondary N) is 1. The first kappa shape index (κ1) is 12.4. The second-order valence-corrected chi connectivity index (χ2v) is 3.78. The van der Waals surface area contributed by atoms with Gasteiger partial charge in [-0.25, -0.2) is 0 Å². The van der Waals surface area contributed by atoms with E-state index in [9.17, 15) is 0 Å². The van der Waals surface area contributed by atoms with Gasteiger partial charge in [0.05, 0.1) is 11.9 Å². The maximum absolute atomic E-state index is 8.95. The number of benzene rings is 2. The summed E-state index contributed by atoms with van der Waals surface area (Å²) < 4.78 is 0. The molecule has 0 saturated heterocycles. The minimum atomic E-state index is -1.43. The van der Waals surface area contributed by atoms with Crippen LogP contribution in [0.25, 0.3) is 0 Å². The normalized spacial score (nSPS) is 10.6. The third-order valence-electron chi connectivity index (χ3n) is 2.42. The molecule has 0 saturated carbocycles. The molecular formula is C13H13BN2O2. The Morgan fingerprint density at radius 2 is 1.61 bits per heavy atom. The fourth-order valence-electron chi connectivity index (χ4n) is 1.45. The van der Waals surface area contributed by atoms with Crippen LogP contribution in [0.1, 0.15) is 5.56 Å². The van der Waals surface area contributed by atoms with Crippen molar-refractivity contribution in [1.29, 1.82) is 0 Å². The summed E-state index contributed by atoms with van der Waals surface area (Å²) in [6, 6.07) is 16.5. The minimum Gasteiger partial charge on any atom is -0.423 e. The molecule has 0 heterocycles. The van der Waals surface area contributed by atoms with Crippen LogP contribution in [-0.4, -0.2) is 23.4 Å². The molecule has 0 aliphatic carbocycles. The Morgan fingerprint density at radius 3 is 2.22 bits per heavy atom. The summed E-state index contributed by atoms with van der Waals surface area (Å²) in [6.07, 6.45) is 1.67. The standard InChI is InChI=1S/C13H13BN2O2/c17-14(18)12-8-6-11(7-9-12)10-15-16-13-4-2-1-3-5-13/h1-10,16-18H. The Labute approximate surface area is 106 Å². The Kier molecular flexibility index (Phi) is 4.12. The molecule has 5 heteroatoms. The Balaban J connectivity index is 1.97. The Bertz CT molecular complexity index is 512. The van der Waals surface area contributed by atoms with Crippen molar-refractivity contribution in [2.24, 2.45) is 5.10 Å². The molecule has 2 aromatic rings. The van der Waals surface area contributed by atoms with Crippen molar-refractivity contribution in [3.63, 3.8) is 0 Å². The third-order valence-corrected chi connectivity index (χ3v) is 2.42. The van der Waals surface area contributed by atoms with Crippen molar-refractivity contribution < 1.29 is 10.0 Å². The van der Waals surface area contributed by atoms with Crippen LogP contribution < -0.4 is 10.9 Å². The van der Waals surface area contributed by atoms with Gasteiger partial charge in [0.15, 0.2) is 0 Å². The van der Waals surface area contributed by atoms with Crippen molar-refractivity contribution in [2.75, 3.05) is 5.43 Å². The molecule has 0 aromatic heterocycles. The van der Waals surface area contributed by atoms with Gasteiger partial charge in [-0.2, -0.15) is 5.10 Å². The Morgan fingerprint density at radius 1 is 0.944 bits per heavy atom. The average Bonchev–Trinajstić information content (AvgIpc) is 2.40.